The first-order chi connectivity index (χ1) is 5.49. The summed E-state index contributed by atoms with van der Waals surface area (Å²) in [4.78, 5) is 21.8. The molecule has 0 fully saturated rings. The molecule has 3 nitrogen and oxygen atoms in total. The van der Waals surface area contributed by atoms with Gasteiger partial charge in [-0.3, -0.25) is 4.79 Å². The van der Waals surface area contributed by atoms with Crippen LogP contribution in [0.25, 0.3) is 0 Å². The largest absolute Gasteiger partial charge is 0.389 e. The highest BCUT2D eigenvalue weighted by Gasteiger charge is 2.16. The Bertz CT molecular complexity index is 206. The van der Waals surface area contributed by atoms with Crippen molar-refractivity contribution < 1.29 is 14.3 Å². The number of ether oxygens (including phenoxy) is 1. The van der Waals surface area contributed by atoms with E-state index in [1.807, 2.05) is 6.92 Å². The molecule has 0 aliphatic heterocycles. The third kappa shape index (κ3) is 3.32. The maximum absolute atomic E-state index is 11.0. The van der Waals surface area contributed by atoms with E-state index in [0.717, 1.165) is 0 Å². The summed E-state index contributed by atoms with van der Waals surface area (Å²) in [6.45, 7) is 8.45. The summed E-state index contributed by atoms with van der Waals surface area (Å²) < 4.78 is 4.49. The Morgan fingerprint density at radius 1 is 1.50 bits per heavy atom. The molecule has 0 aromatic carbocycles. The first kappa shape index (κ1) is 10.9. The number of carbonyl (C=O) groups is 2. The average Bonchev–Trinajstić information content (AvgIpc) is 2.02. The lowest BCUT2D eigenvalue weighted by atomic mass is 10.1. The molecule has 0 amide bonds. The quantitative estimate of drug-likeness (QED) is 0.367. The predicted octanol–water partition coefficient (Wildman–Crippen LogP) is 1.68. The Labute approximate surface area is 72.4 Å². The van der Waals surface area contributed by atoms with E-state index >= 15 is 0 Å². The van der Waals surface area contributed by atoms with E-state index in [9.17, 15) is 9.59 Å². The van der Waals surface area contributed by atoms with Gasteiger partial charge in [-0.25, -0.2) is 4.79 Å². The lowest BCUT2D eigenvalue weighted by Crippen LogP contribution is -2.18. The molecule has 0 bridgehead atoms. The summed E-state index contributed by atoms with van der Waals surface area (Å²) >= 11 is 0. The van der Waals surface area contributed by atoms with E-state index in [4.69, 9.17) is 0 Å². The highest BCUT2D eigenvalue weighted by molar-refractivity contribution is 5.95. The molecule has 0 spiro atoms. The third-order valence-corrected chi connectivity index (χ3v) is 1.56. The van der Waals surface area contributed by atoms with Crippen LogP contribution in [0.3, 0.4) is 0 Å². The molecule has 0 aromatic rings. The lowest BCUT2D eigenvalue weighted by molar-refractivity contribution is -0.159. The third-order valence-electron chi connectivity index (χ3n) is 1.56. The number of rotatable bonds is 3. The van der Waals surface area contributed by atoms with Crippen LogP contribution in [0.5, 0.6) is 0 Å². The zero-order chi connectivity index (χ0) is 9.72. The molecule has 0 saturated carbocycles. The molecular weight excluding hydrogens is 156 g/mol. The van der Waals surface area contributed by atoms with E-state index < -0.39 is 11.9 Å². The van der Waals surface area contributed by atoms with Gasteiger partial charge >= 0.3 is 11.9 Å². The van der Waals surface area contributed by atoms with Crippen molar-refractivity contribution in [1.29, 1.82) is 0 Å². The van der Waals surface area contributed by atoms with Crippen LogP contribution < -0.4 is 0 Å². The monoisotopic (exact) mass is 170 g/mol. The standard InChI is InChI=1S/C9H14O3/c1-5-7(4)9(11)12-8(10)6(2)3/h7H,2,5H2,1,3-4H3. The minimum atomic E-state index is -0.639. The van der Waals surface area contributed by atoms with E-state index in [-0.39, 0.29) is 11.5 Å². The van der Waals surface area contributed by atoms with Crippen LogP contribution in [0.4, 0.5) is 0 Å². The van der Waals surface area contributed by atoms with E-state index in [0.29, 0.717) is 6.42 Å². The summed E-state index contributed by atoms with van der Waals surface area (Å²) in [5.41, 5.74) is 0.242. The van der Waals surface area contributed by atoms with Crippen LogP contribution in [0.1, 0.15) is 27.2 Å². The summed E-state index contributed by atoms with van der Waals surface area (Å²) in [6.07, 6.45) is 0.669. The zero-order valence-corrected chi connectivity index (χ0v) is 7.72. The van der Waals surface area contributed by atoms with E-state index in [2.05, 4.69) is 11.3 Å². The van der Waals surface area contributed by atoms with Crippen LogP contribution in [-0.4, -0.2) is 11.9 Å². The van der Waals surface area contributed by atoms with Gasteiger partial charge in [0.05, 0.1) is 5.92 Å². The SMILES string of the molecule is C=C(C)C(=O)OC(=O)C(C)CC. The Kier molecular flexibility index (Phi) is 4.26. The number of hydrogen-bond acceptors (Lipinski definition) is 3. The van der Waals surface area contributed by atoms with Gasteiger partial charge in [0.2, 0.25) is 0 Å². The second-order valence-electron chi connectivity index (χ2n) is 2.80. The molecule has 0 rings (SSSR count). The average molecular weight is 170 g/mol. The van der Waals surface area contributed by atoms with Crippen LogP contribution in [0, 0.1) is 5.92 Å². The molecule has 0 saturated heterocycles. The summed E-state index contributed by atoms with van der Waals surface area (Å²) in [6, 6.07) is 0. The molecular formula is C9H14O3. The molecule has 12 heavy (non-hydrogen) atoms. The highest BCUT2D eigenvalue weighted by Crippen LogP contribution is 2.04. The molecule has 1 atom stereocenters. The number of hydrogen-bond donors (Lipinski definition) is 0. The molecule has 0 N–H and O–H groups in total. The van der Waals surface area contributed by atoms with E-state index in [1.54, 1.807) is 6.92 Å². The van der Waals surface area contributed by atoms with Gasteiger partial charge in [0.25, 0.3) is 0 Å². The number of esters is 2. The molecule has 0 heterocycles. The van der Waals surface area contributed by atoms with Gasteiger partial charge in [0.15, 0.2) is 0 Å². The van der Waals surface area contributed by atoms with Crippen molar-refractivity contribution >= 4 is 11.9 Å². The van der Waals surface area contributed by atoms with Crippen LogP contribution in [0.15, 0.2) is 12.2 Å². The first-order valence-electron chi connectivity index (χ1n) is 3.90. The Morgan fingerprint density at radius 3 is 2.33 bits per heavy atom. The Balaban J connectivity index is 4.01. The van der Waals surface area contributed by atoms with Gasteiger partial charge in [-0.1, -0.05) is 20.4 Å². The van der Waals surface area contributed by atoms with E-state index in [1.165, 1.54) is 6.92 Å². The van der Waals surface area contributed by atoms with Gasteiger partial charge in [-0.05, 0) is 13.3 Å². The minimum Gasteiger partial charge on any atom is -0.389 e. The minimum absolute atomic E-state index is 0.228. The summed E-state index contributed by atoms with van der Waals surface area (Å²) in [7, 11) is 0. The fourth-order valence-electron chi connectivity index (χ4n) is 0.446. The van der Waals surface area contributed by atoms with Crippen molar-refractivity contribution in [3.8, 4) is 0 Å². The summed E-state index contributed by atoms with van der Waals surface area (Å²) in [5, 5.41) is 0. The van der Waals surface area contributed by atoms with Crippen molar-refractivity contribution in [3.63, 3.8) is 0 Å². The fourth-order valence-corrected chi connectivity index (χ4v) is 0.446. The van der Waals surface area contributed by atoms with Crippen LogP contribution in [-0.2, 0) is 14.3 Å². The molecule has 0 radical (unpaired) electrons. The van der Waals surface area contributed by atoms with Crippen LogP contribution in [0.2, 0.25) is 0 Å². The normalized spacial score (nSPS) is 11.9. The molecule has 68 valence electrons. The maximum atomic E-state index is 11.0. The second-order valence-corrected chi connectivity index (χ2v) is 2.80. The van der Waals surface area contributed by atoms with Gasteiger partial charge in [-0.15, -0.1) is 0 Å². The second kappa shape index (κ2) is 4.70. The lowest BCUT2D eigenvalue weighted by Gasteiger charge is -2.06. The van der Waals surface area contributed by atoms with Crippen molar-refractivity contribution in [2.75, 3.05) is 0 Å². The van der Waals surface area contributed by atoms with Gasteiger partial charge < -0.3 is 4.74 Å². The van der Waals surface area contributed by atoms with Crippen molar-refractivity contribution in [2.45, 2.75) is 27.2 Å². The number of carbonyl (C=O) groups excluding carboxylic acids is 2. The fraction of sp³-hybridized carbons (Fsp3) is 0.556. The first-order valence-corrected chi connectivity index (χ1v) is 3.90. The molecule has 1 unspecified atom stereocenters. The molecule has 0 aliphatic carbocycles. The van der Waals surface area contributed by atoms with Crippen molar-refractivity contribution in [1.82, 2.24) is 0 Å². The van der Waals surface area contributed by atoms with Crippen LogP contribution >= 0.6 is 0 Å². The Morgan fingerprint density at radius 2 is 2.00 bits per heavy atom. The highest BCUT2D eigenvalue weighted by atomic mass is 16.6. The maximum Gasteiger partial charge on any atom is 0.340 e. The zero-order valence-electron chi connectivity index (χ0n) is 7.72. The van der Waals surface area contributed by atoms with Crippen molar-refractivity contribution in [3.05, 3.63) is 12.2 Å². The van der Waals surface area contributed by atoms with Gasteiger partial charge in [-0.2, -0.15) is 0 Å². The molecule has 3 heteroatoms. The summed E-state index contributed by atoms with van der Waals surface area (Å²) in [5.74, 6) is -1.35. The van der Waals surface area contributed by atoms with Gasteiger partial charge in [0.1, 0.15) is 0 Å². The Hall–Kier alpha value is -1.12. The topological polar surface area (TPSA) is 43.4 Å². The molecule has 0 aromatic heterocycles. The van der Waals surface area contributed by atoms with Crippen molar-refractivity contribution in [2.24, 2.45) is 5.92 Å². The van der Waals surface area contributed by atoms with Gasteiger partial charge in [0, 0.05) is 5.57 Å². The molecule has 0 aliphatic rings. The smallest absolute Gasteiger partial charge is 0.340 e. The predicted molar refractivity (Wildman–Crippen MR) is 45.4 cm³/mol.